The first-order chi connectivity index (χ1) is 20.1. The maximum absolute atomic E-state index is 13.9. The number of methoxy groups -OCH3 is 1. The summed E-state index contributed by atoms with van der Waals surface area (Å²) in [5, 5.41) is 0. The Labute approximate surface area is 250 Å². The van der Waals surface area contributed by atoms with Crippen LogP contribution in [0.15, 0.2) is 84.9 Å². The van der Waals surface area contributed by atoms with Crippen molar-refractivity contribution < 1.29 is 19.1 Å². The van der Waals surface area contributed by atoms with Gasteiger partial charge in [-0.1, -0.05) is 72.8 Å². The zero-order valence-electron chi connectivity index (χ0n) is 25.5. The van der Waals surface area contributed by atoms with Gasteiger partial charge in [-0.05, 0) is 81.7 Å². The first kappa shape index (κ1) is 29.7. The van der Waals surface area contributed by atoms with Crippen molar-refractivity contribution in [3.63, 3.8) is 0 Å². The summed E-state index contributed by atoms with van der Waals surface area (Å²) < 4.78 is 11.2. The Balaban J connectivity index is 1.36. The molecular formula is C36H44N2O4. The summed E-state index contributed by atoms with van der Waals surface area (Å²) in [5.41, 5.74) is 2.19. The van der Waals surface area contributed by atoms with Gasteiger partial charge in [0.2, 0.25) is 5.91 Å². The molecule has 0 bridgehead atoms. The second-order valence-corrected chi connectivity index (χ2v) is 12.9. The number of carbonyl (C=O) groups is 2. The molecule has 0 N–H and O–H groups in total. The second-order valence-electron chi connectivity index (χ2n) is 12.9. The third-order valence-corrected chi connectivity index (χ3v) is 8.85. The van der Waals surface area contributed by atoms with Gasteiger partial charge in [-0.15, -0.1) is 0 Å². The smallest absolute Gasteiger partial charge is 0.410 e. The van der Waals surface area contributed by atoms with Gasteiger partial charge in [0.05, 0.1) is 12.5 Å². The number of nitrogens with zero attached hydrogens (tertiary/aromatic N) is 2. The summed E-state index contributed by atoms with van der Waals surface area (Å²) in [4.78, 5) is 31.5. The molecule has 5 rings (SSSR count). The Morgan fingerprint density at radius 2 is 1.40 bits per heavy atom. The van der Waals surface area contributed by atoms with Crippen LogP contribution in [0.5, 0.6) is 5.75 Å². The number of hydrogen-bond donors (Lipinski definition) is 0. The fraction of sp³-hybridized carbons (Fsp3) is 0.444. The van der Waals surface area contributed by atoms with Crippen molar-refractivity contribution >= 4 is 12.0 Å². The number of amides is 2. The zero-order chi connectivity index (χ0) is 29.8. The van der Waals surface area contributed by atoms with Crippen LogP contribution in [0.1, 0.15) is 63.1 Å². The van der Waals surface area contributed by atoms with Crippen LogP contribution in [0.4, 0.5) is 4.79 Å². The Morgan fingerprint density at radius 1 is 0.810 bits per heavy atom. The van der Waals surface area contributed by atoms with E-state index in [-0.39, 0.29) is 17.4 Å². The first-order valence-electron chi connectivity index (χ1n) is 15.2. The van der Waals surface area contributed by atoms with E-state index in [0.717, 1.165) is 43.4 Å². The normalized spacial score (nSPS) is 17.3. The lowest BCUT2D eigenvalue weighted by molar-refractivity contribution is -0.135. The summed E-state index contributed by atoms with van der Waals surface area (Å²) >= 11 is 0. The Kier molecular flexibility index (Phi) is 8.63. The van der Waals surface area contributed by atoms with E-state index in [0.29, 0.717) is 26.2 Å². The van der Waals surface area contributed by atoms with Crippen molar-refractivity contribution in [2.45, 2.75) is 69.3 Å². The van der Waals surface area contributed by atoms with Gasteiger partial charge in [0.25, 0.3) is 0 Å². The molecule has 1 saturated carbocycles. The number of likely N-dealkylation sites (tertiary alicyclic amines) is 1. The lowest BCUT2D eigenvalue weighted by atomic mass is 9.72. The minimum Gasteiger partial charge on any atom is -0.497 e. The number of benzene rings is 3. The molecule has 1 saturated heterocycles. The van der Waals surface area contributed by atoms with Crippen LogP contribution < -0.4 is 4.74 Å². The summed E-state index contributed by atoms with van der Waals surface area (Å²) in [6, 6.07) is 28.7. The average molecular weight is 569 g/mol. The quantitative estimate of drug-likeness (QED) is 0.286. The molecule has 2 aliphatic rings. The molecule has 6 nitrogen and oxygen atoms in total. The first-order valence-corrected chi connectivity index (χ1v) is 15.2. The largest absolute Gasteiger partial charge is 0.497 e. The molecule has 0 radical (unpaired) electrons. The van der Waals surface area contributed by atoms with Gasteiger partial charge >= 0.3 is 6.09 Å². The van der Waals surface area contributed by atoms with Crippen LogP contribution in [0.25, 0.3) is 0 Å². The van der Waals surface area contributed by atoms with Gasteiger partial charge in [-0.25, -0.2) is 4.79 Å². The molecule has 0 atom stereocenters. The topological polar surface area (TPSA) is 59.1 Å². The Morgan fingerprint density at radius 3 is 1.95 bits per heavy atom. The molecular weight excluding hydrogens is 524 g/mol. The maximum atomic E-state index is 13.9. The van der Waals surface area contributed by atoms with Gasteiger partial charge in [0.1, 0.15) is 11.4 Å². The molecule has 2 amide bonds. The molecule has 0 spiro atoms. The Hall–Kier alpha value is -3.80. The zero-order valence-corrected chi connectivity index (χ0v) is 25.5. The van der Waals surface area contributed by atoms with E-state index in [1.807, 2.05) is 74.2 Å². The molecule has 3 aromatic rings. The molecule has 42 heavy (non-hydrogen) atoms. The molecule has 6 heteroatoms. The van der Waals surface area contributed by atoms with Crippen molar-refractivity contribution in [2.24, 2.45) is 0 Å². The molecule has 1 aliphatic heterocycles. The third-order valence-electron chi connectivity index (χ3n) is 8.85. The van der Waals surface area contributed by atoms with Gasteiger partial charge in [0.15, 0.2) is 0 Å². The van der Waals surface area contributed by atoms with Gasteiger partial charge in [0, 0.05) is 31.6 Å². The number of hydrogen-bond acceptors (Lipinski definition) is 4. The van der Waals surface area contributed by atoms with Crippen molar-refractivity contribution in [1.29, 1.82) is 0 Å². The Bertz CT molecular complexity index is 1340. The second kappa shape index (κ2) is 12.2. The van der Waals surface area contributed by atoms with Crippen molar-refractivity contribution in [1.82, 2.24) is 9.80 Å². The summed E-state index contributed by atoms with van der Waals surface area (Å²) in [7, 11) is 1.66. The molecule has 3 aromatic carbocycles. The summed E-state index contributed by atoms with van der Waals surface area (Å²) in [6.07, 6.45) is 3.79. The highest BCUT2D eigenvalue weighted by Crippen LogP contribution is 2.51. The average Bonchev–Trinajstić information content (AvgIpc) is 3.81. The van der Waals surface area contributed by atoms with Crippen LogP contribution in [0.3, 0.4) is 0 Å². The third kappa shape index (κ3) is 6.64. The number of ether oxygens (including phenoxy) is 2. The summed E-state index contributed by atoms with van der Waals surface area (Å²) in [6.45, 7) is 8.16. The minimum absolute atomic E-state index is 0.224. The molecule has 2 fully saturated rings. The predicted octanol–water partition coefficient (Wildman–Crippen LogP) is 6.77. The van der Waals surface area contributed by atoms with Crippen LogP contribution in [0.2, 0.25) is 0 Å². The lowest BCUT2D eigenvalue weighted by Gasteiger charge is -2.45. The van der Waals surface area contributed by atoms with Crippen LogP contribution >= 0.6 is 0 Å². The number of carbonyl (C=O) groups excluding carboxylic acids is 2. The number of rotatable bonds is 9. The fourth-order valence-corrected chi connectivity index (χ4v) is 6.27. The van der Waals surface area contributed by atoms with Gasteiger partial charge in [-0.2, -0.15) is 0 Å². The van der Waals surface area contributed by atoms with Crippen molar-refractivity contribution in [3.05, 3.63) is 102 Å². The SMILES string of the molecule is COc1ccc(C2(C(=O)N3CCC(CN(CCc4ccccc4)C(=O)OC(C)(C)C)(c4ccccc4)CC3)CC2)cc1. The molecule has 1 heterocycles. The highest BCUT2D eigenvalue weighted by atomic mass is 16.6. The highest BCUT2D eigenvalue weighted by Gasteiger charge is 2.54. The summed E-state index contributed by atoms with van der Waals surface area (Å²) in [5.74, 6) is 1.02. The van der Waals surface area contributed by atoms with E-state index in [2.05, 4.69) is 41.3 Å². The van der Waals surface area contributed by atoms with Crippen LogP contribution in [-0.2, 0) is 26.8 Å². The van der Waals surface area contributed by atoms with Crippen LogP contribution in [0, 0.1) is 0 Å². The van der Waals surface area contributed by atoms with Gasteiger partial charge in [-0.3, -0.25) is 4.79 Å². The van der Waals surface area contributed by atoms with E-state index < -0.39 is 11.0 Å². The predicted molar refractivity (Wildman–Crippen MR) is 166 cm³/mol. The lowest BCUT2D eigenvalue weighted by Crippen LogP contribution is -2.53. The van der Waals surface area contributed by atoms with Crippen molar-refractivity contribution in [3.8, 4) is 5.75 Å². The van der Waals surface area contributed by atoms with E-state index in [1.165, 1.54) is 11.1 Å². The van der Waals surface area contributed by atoms with Crippen LogP contribution in [-0.4, -0.2) is 60.7 Å². The number of piperidine rings is 1. The van der Waals surface area contributed by atoms with E-state index >= 15 is 0 Å². The molecule has 222 valence electrons. The molecule has 1 aliphatic carbocycles. The van der Waals surface area contributed by atoms with E-state index in [1.54, 1.807) is 7.11 Å². The van der Waals surface area contributed by atoms with E-state index in [4.69, 9.17) is 9.47 Å². The minimum atomic E-state index is -0.586. The van der Waals surface area contributed by atoms with Crippen molar-refractivity contribution in [2.75, 3.05) is 33.3 Å². The highest BCUT2D eigenvalue weighted by molar-refractivity contribution is 5.91. The standard InChI is InChI=1S/C36H44N2O4/c1-34(2,3)42-33(40)38(24-19-28-11-7-5-8-12-28)27-35(29-13-9-6-10-14-29)22-25-37(26-23-35)32(39)36(20-21-36)30-15-17-31(41-4)18-16-30/h5-18H,19-27H2,1-4H3. The molecule has 0 aromatic heterocycles. The monoisotopic (exact) mass is 568 g/mol. The fourth-order valence-electron chi connectivity index (χ4n) is 6.27. The van der Waals surface area contributed by atoms with Gasteiger partial charge < -0.3 is 19.3 Å². The maximum Gasteiger partial charge on any atom is 0.410 e. The van der Waals surface area contributed by atoms with E-state index in [9.17, 15) is 9.59 Å². The molecule has 0 unspecified atom stereocenters.